The summed E-state index contributed by atoms with van der Waals surface area (Å²) in [6, 6.07) is 1.85. The topological polar surface area (TPSA) is 54.3 Å². The summed E-state index contributed by atoms with van der Waals surface area (Å²) in [5.74, 6) is 0.0641. The van der Waals surface area contributed by atoms with Crippen LogP contribution >= 0.6 is 11.3 Å². The van der Waals surface area contributed by atoms with E-state index < -0.39 is 0 Å². The number of nitrogens with zero attached hydrogens (tertiary/aromatic N) is 5. The van der Waals surface area contributed by atoms with Crippen LogP contribution in [-0.4, -0.2) is 51.8 Å². The smallest absolute Gasteiger partial charge is 0.272 e. The number of hydrogen-bond donors (Lipinski definition) is 0. The first kappa shape index (κ1) is 15.0. The Labute approximate surface area is 134 Å². The Morgan fingerprint density at radius 1 is 1.18 bits per heavy atom. The van der Waals surface area contributed by atoms with Gasteiger partial charge in [0.25, 0.3) is 5.91 Å². The normalized spacial score (nSPS) is 15.5. The molecule has 0 atom stereocenters. The lowest BCUT2D eigenvalue weighted by molar-refractivity contribution is 0.0735. The molecular weight excluding hydrogens is 298 g/mol. The van der Waals surface area contributed by atoms with Gasteiger partial charge in [-0.3, -0.25) is 9.48 Å². The predicted octanol–water partition coefficient (Wildman–Crippen LogP) is 1.76. The molecule has 6 nitrogen and oxygen atoms in total. The van der Waals surface area contributed by atoms with Gasteiger partial charge in [-0.25, -0.2) is 4.98 Å². The van der Waals surface area contributed by atoms with Gasteiger partial charge in [-0.2, -0.15) is 5.10 Å². The number of thiazole rings is 1. The van der Waals surface area contributed by atoms with Crippen LogP contribution in [0.1, 0.15) is 26.8 Å². The molecule has 3 rings (SSSR count). The van der Waals surface area contributed by atoms with Crippen molar-refractivity contribution in [2.75, 3.05) is 31.1 Å². The summed E-state index contributed by atoms with van der Waals surface area (Å²) in [7, 11) is 1.82. The van der Waals surface area contributed by atoms with Crippen molar-refractivity contribution < 1.29 is 4.79 Å². The van der Waals surface area contributed by atoms with Gasteiger partial charge in [0.15, 0.2) is 5.13 Å². The number of hydrogen-bond acceptors (Lipinski definition) is 5. The van der Waals surface area contributed by atoms with Gasteiger partial charge in [-0.15, -0.1) is 11.3 Å². The van der Waals surface area contributed by atoms with E-state index >= 15 is 0 Å². The lowest BCUT2D eigenvalue weighted by Crippen LogP contribution is -2.49. The number of amides is 1. The molecule has 1 aliphatic heterocycles. The number of carbonyl (C=O) groups excluding carboxylic acids is 1. The van der Waals surface area contributed by atoms with Crippen LogP contribution in [0.3, 0.4) is 0 Å². The molecule has 1 saturated heterocycles. The first-order valence-electron chi connectivity index (χ1n) is 7.44. The number of piperazine rings is 1. The summed E-state index contributed by atoms with van der Waals surface area (Å²) in [6.07, 6.45) is 0. The monoisotopic (exact) mass is 319 g/mol. The first-order valence-corrected chi connectivity index (χ1v) is 8.26. The number of aromatic nitrogens is 3. The van der Waals surface area contributed by atoms with E-state index in [4.69, 9.17) is 0 Å². The van der Waals surface area contributed by atoms with E-state index in [-0.39, 0.29) is 5.91 Å². The quantitative estimate of drug-likeness (QED) is 0.846. The van der Waals surface area contributed by atoms with Gasteiger partial charge in [0.1, 0.15) is 5.69 Å². The SMILES string of the molecule is Cc1cc(C(=O)N2CCN(c3nc(C)c(C)s3)CC2)n(C)n1. The van der Waals surface area contributed by atoms with Gasteiger partial charge < -0.3 is 9.80 Å². The number of anilines is 1. The summed E-state index contributed by atoms with van der Waals surface area (Å²) in [5.41, 5.74) is 2.63. The minimum Gasteiger partial charge on any atom is -0.345 e. The van der Waals surface area contributed by atoms with Crippen LogP contribution in [-0.2, 0) is 7.05 Å². The van der Waals surface area contributed by atoms with E-state index in [1.54, 1.807) is 16.0 Å². The second kappa shape index (κ2) is 5.72. The van der Waals surface area contributed by atoms with Crippen LogP contribution in [0.5, 0.6) is 0 Å². The molecule has 0 bridgehead atoms. The Bertz CT molecular complexity index is 677. The van der Waals surface area contributed by atoms with Crippen molar-refractivity contribution in [3.8, 4) is 0 Å². The van der Waals surface area contributed by atoms with Crippen LogP contribution < -0.4 is 4.90 Å². The van der Waals surface area contributed by atoms with Crippen LogP contribution in [0.2, 0.25) is 0 Å². The van der Waals surface area contributed by atoms with Crippen LogP contribution in [0.4, 0.5) is 5.13 Å². The third-order valence-corrected chi connectivity index (χ3v) is 5.21. The number of carbonyl (C=O) groups is 1. The molecule has 0 unspecified atom stereocenters. The molecule has 3 heterocycles. The highest BCUT2D eigenvalue weighted by Gasteiger charge is 2.25. The largest absolute Gasteiger partial charge is 0.345 e. The van der Waals surface area contributed by atoms with E-state index in [9.17, 15) is 4.79 Å². The molecule has 118 valence electrons. The molecule has 1 aliphatic rings. The summed E-state index contributed by atoms with van der Waals surface area (Å²) in [4.78, 5) is 22.6. The lowest BCUT2D eigenvalue weighted by atomic mass is 10.2. The van der Waals surface area contributed by atoms with Gasteiger partial charge in [-0.05, 0) is 26.8 Å². The molecule has 2 aromatic rings. The van der Waals surface area contributed by atoms with E-state index in [0.29, 0.717) is 5.69 Å². The van der Waals surface area contributed by atoms with Crippen molar-refractivity contribution in [1.29, 1.82) is 0 Å². The third kappa shape index (κ3) is 2.72. The minimum absolute atomic E-state index is 0.0641. The van der Waals surface area contributed by atoms with E-state index in [1.807, 2.05) is 31.9 Å². The van der Waals surface area contributed by atoms with Gasteiger partial charge >= 0.3 is 0 Å². The maximum atomic E-state index is 12.6. The highest BCUT2D eigenvalue weighted by molar-refractivity contribution is 7.15. The standard InChI is InChI=1S/C15H21N5OS/c1-10-9-13(18(4)17-10)14(21)19-5-7-20(8-6-19)15-16-11(2)12(3)22-15/h9H,5-8H2,1-4H3. The van der Waals surface area contributed by atoms with E-state index in [1.165, 1.54) is 4.88 Å². The number of rotatable bonds is 2. The fourth-order valence-electron chi connectivity index (χ4n) is 2.66. The Morgan fingerprint density at radius 3 is 2.36 bits per heavy atom. The Hall–Kier alpha value is -1.89. The summed E-state index contributed by atoms with van der Waals surface area (Å²) in [5, 5.41) is 5.32. The maximum Gasteiger partial charge on any atom is 0.272 e. The molecule has 0 saturated carbocycles. The average molecular weight is 319 g/mol. The maximum absolute atomic E-state index is 12.6. The van der Waals surface area contributed by atoms with Crippen LogP contribution in [0.15, 0.2) is 6.07 Å². The molecule has 0 radical (unpaired) electrons. The molecule has 1 fully saturated rings. The molecule has 22 heavy (non-hydrogen) atoms. The first-order chi connectivity index (χ1) is 10.5. The van der Waals surface area contributed by atoms with Crippen molar-refractivity contribution in [3.63, 3.8) is 0 Å². The van der Waals surface area contributed by atoms with E-state index in [0.717, 1.165) is 42.7 Å². The molecule has 2 aromatic heterocycles. The van der Waals surface area contributed by atoms with Crippen molar-refractivity contribution >= 4 is 22.4 Å². The molecule has 0 spiro atoms. The Morgan fingerprint density at radius 2 is 1.86 bits per heavy atom. The second-order valence-electron chi connectivity index (χ2n) is 5.71. The molecule has 1 amide bonds. The van der Waals surface area contributed by atoms with Crippen LogP contribution in [0.25, 0.3) is 0 Å². The van der Waals surface area contributed by atoms with Crippen molar-refractivity contribution in [1.82, 2.24) is 19.7 Å². The van der Waals surface area contributed by atoms with Gasteiger partial charge in [0.05, 0.1) is 11.4 Å². The zero-order valence-corrected chi connectivity index (χ0v) is 14.3. The lowest BCUT2D eigenvalue weighted by Gasteiger charge is -2.34. The van der Waals surface area contributed by atoms with Gasteiger partial charge in [0, 0.05) is 38.1 Å². The highest BCUT2D eigenvalue weighted by atomic mass is 32.1. The minimum atomic E-state index is 0.0641. The molecule has 0 N–H and O–H groups in total. The number of aryl methyl sites for hydroxylation is 4. The summed E-state index contributed by atoms with van der Waals surface area (Å²) in [6.45, 7) is 9.15. The molecule has 0 aromatic carbocycles. The Balaban J connectivity index is 1.66. The highest BCUT2D eigenvalue weighted by Crippen LogP contribution is 2.26. The van der Waals surface area contributed by atoms with E-state index in [2.05, 4.69) is 21.9 Å². The van der Waals surface area contributed by atoms with Crippen molar-refractivity contribution in [2.45, 2.75) is 20.8 Å². The van der Waals surface area contributed by atoms with Gasteiger partial charge in [-0.1, -0.05) is 0 Å². The van der Waals surface area contributed by atoms with Crippen molar-refractivity contribution in [3.05, 3.63) is 28.0 Å². The van der Waals surface area contributed by atoms with Crippen LogP contribution in [0, 0.1) is 20.8 Å². The summed E-state index contributed by atoms with van der Waals surface area (Å²) < 4.78 is 1.66. The summed E-state index contributed by atoms with van der Waals surface area (Å²) >= 11 is 1.73. The fraction of sp³-hybridized carbons (Fsp3) is 0.533. The Kier molecular flexibility index (Phi) is 3.90. The predicted molar refractivity (Wildman–Crippen MR) is 87.6 cm³/mol. The zero-order chi connectivity index (χ0) is 15.9. The zero-order valence-electron chi connectivity index (χ0n) is 13.5. The second-order valence-corrected chi connectivity index (χ2v) is 6.89. The van der Waals surface area contributed by atoms with Crippen molar-refractivity contribution in [2.24, 2.45) is 7.05 Å². The molecule has 0 aliphatic carbocycles. The molecule has 7 heteroatoms. The van der Waals surface area contributed by atoms with Gasteiger partial charge in [0.2, 0.25) is 0 Å². The average Bonchev–Trinajstić information content (AvgIpc) is 3.01. The molecular formula is C15H21N5OS. The third-order valence-electron chi connectivity index (χ3n) is 4.08. The fourth-order valence-corrected chi connectivity index (χ4v) is 3.63.